The molecule has 2 unspecified atom stereocenters. The van der Waals surface area contributed by atoms with E-state index in [0.717, 1.165) is 6.42 Å². The summed E-state index contributed by atoms with van der Waals surface area (Å²) in [7, 11) is 0. The van der Waals surface area contributed by atoms with Crippen LogP contribution in [0.5, 0.6) is 0 Å². The Labute approximate surface area is 94.4 Å². The first-order valence-electron chi connectivity index (χ1n) is 5.31. The fourth-order valence-electron chi connectivity index (χ4n) is 1.71. The molecule has 2 aromatic rings. The van der Waals surface area contributed by atoms with E-state index in [0.29, 0.717) is 5.92 Å². The van der Waals surface area contributed by atoms with Crippen molar-refractivity contribution in [3.63, 3.8) is 0 Å². The Morgan fingerprint density at radius 1 is 1.27 bits per heavy atom. The molecule has 1 heterocycles. The summed E-state index contributed by atoms with van der Waals surface area (Å²) in [5.41, 5.74) is 1.36. The molecule has 15 heavy (non-hydrogen) atoms. The number of rotatable bonds is 3. The zero-order valence-electron chi connectivity index (χ0n) is 9.10. The summed E-state index contributed by atoms with van der Waals surface area (Å²) in [6, 6.07) is 8.46. The molecule has 0 aliphatic heterocycles. The molecule has 0 saturated carbocycles. The number of aliphatic hydroxyl groups is 1. The standard InChI is InChI=1S/C13H16OS/c1-9(10(2)14)7-11-8-15-13-6-4-3-5-12(11)13/h3-6,8-10,14H,7H2,1-2H3. The number of aliphatic hydroxyl groups excluding tert-OH is 1. The average Bonchev–Trinajstić information content (AvgIpc) is 2.62. The monoisotopic (exact) mass is 220 g/mol. The van der Waals surface area contributed by atoms with Crippen molar-refractivity contribution in [2.45, 2.75) is 26.4 Å². The molecule has 0 aliphatic carbocycles. The quantitative estimate of drug-likeness (QED) is 0.840. The van der Waals surface area contributed by atoms with Crippen molar-refractivity contribution in [3.8, 4) is 0 Å². The van der Waals surface area contributed by atoms with Crippen molar-refractivity contribution in [1.29, 1.82) is 0 Å². The van der Waals surface area contributed by atoms with E-state index >= 15 is 0 Å². The van der Waals surface area contributed by atoms with Crippen molar-refractivity contribution in [2.24, 2.45) is 5.92 Å². The van der Waals surface area contributed by atoms with Gasteiger partial charge in [-0.2, -0.15) is 0 Å². The van der Waals surface area contributed by atoms with Crippen LogP contribution >= 0.6 is 11.3 Å². The van der Waals surface area contributed by atoms with Crippen LogP contribution in [-0.2, 0) is 6.42 Å². The number of fused-ring (bicyclic) bond motifs is 1. The van der Waals surface area contributed by atoms with Gasteiger partial charge in [-0.3, -0.25) is 0 Å². The zero-order chi connectivity index (χ0) is 10.8. The smallest absolute Gasteiger partial charge is 0.0540 e. The molecular weight excluding hydrogens is 204 g/mol. The maximum Gasteiger partial charge on any atom is 0.0540 e. The van der Waals surface area contributed by atoms with Crippen LogP contribution in [0.15, 0.2) is 29.6 Å². The molecule has 0 bridgehead atoms. The maximum absolute atomic E-state index is 9.50. The fraction of sp³-hybridized carbons (Fsp3) is 0.385. The first-order chi connectivity index (χ1) is 7.18. The highest BCUT2D eigenvalue weighted by Gasteiger charge is 2.12. The van der Waals surface area contributed by atoms with Gasteiger partial charge in [-0.15, -0.1) is 11.3 Å². The summed E-state index contributed by atoms with van der Waals surface area (Å²) in [5, 5.41) is 13.0. The minimum Gasteiger partial charge on any atom is -0.393 e. The van der Waals surface area contributed by atoms with Crippen molar-refractivity contribution >= 4 is 21.4 Å². The van der Waals surface area contributed by atoms with Gasteiger partial charge in [-0.25, -0.2) is 0 Å². The molecule has 0 radical (unpaired) electrons. The van der Waals surface area contributed by atoms with Gasteiger partial charge in [0.05, 0.1) is 6.10 Å². The Hall–Kier alpha value is -0.860. The molecule has 2 atom stereocenters. The van der Waals surface area contributed by atoms with Crippen LogP contribution in [0.1, 0.15) is 19.4 Å². The van der Waals surface area contributed by atoms with E-state index < -0.39 is 0 Å². The number of thiophene rings is 1. The predicted octanol–water partition coefficient (Wildman–Crippen LogP) is 3.46. The Balaban J connectivity index is 2.29. The largest absolute Gasteiger partial charge is 0.393 e. The van der Waals surface area contributed by atoms with Gasteiger partial charge in [0, 0.05) is 4.70 Å². The Morgan fingerprint density at radius 2 is 2.00 bits per heavy atom. The maximum atomic E-state index is 9.50. The van der Waals surface area contributed by atoms with Gasteiger partial charge < -0.3 is 5.11 Å². The van der Waals surface area contributed by atoms with E-state index in [2.05, 4.69) is 36.6 Å². The van der Waals surface area contributed by atoms with Gasteiger partial charge >= 0.3 is 0 Å². The Morgan fingerprint density at radius 3 is 2.73 bits per heavy atom. The molecule has 0 aliphatic rings. The lowest BCUT2D eigenvalue weighted by molar-refractivity contribution is 0.135. The van der Waals surface area contributed by atoms with E-state index in [1.165, 1.54) is 15.6 Å². The molecule has 2 rings (SSSR count). The molecule has 1 aromatic heterocycles. The number of hydrogen-bond donors (Lipinski definition) is 1. The molecule has 0 amide bonds. The van der Waals surface area contributed by atoms with Crippen molar-refractivity contribution in [3.05, 3.63) is 35.2 Å². The lowest BCUT2D eigenvalue weighted by atomic mass is 9.96. The average molecular weight is 220 g/mol. The van der Waals surface area contributed by atoms with Crippen LogP contribution < -0.4 is 0 Å². The van der Waals surface area contributed by atoms with Crippen LogP contribution in [0.3, 0.4) is 0 Å². The van der Waals surface area contributed by atoms with E-state index in [1.807, 2.05) is 6.92 Å². The van der Waals surface area contributed by atoms with Crippen LogP contribution in [0.2, 0.25) is 0 Å². The highest BCUT2D eigenvalue weighted by Crippen LogP contribution is 2.28. The first-order valence-corrected chi connectivity index (χ1v) is 6.19. The van der Waals surface area contributed by atoms with Gasteiger partial charge in [0.2, 0.25) is 0 Å². The van der Waals surface area contributed by atoms with Crippen LogP contribution in [-0.4, -0.2) is 11.2 Å². The van der Waals surface area contributed by atoms with Gasteiger partial charge in [0.1, 0.15) is 0 Å². The van der Waals surface area contributed by atoms with Crippen LogP contribution in [0.25, 0.3) is 10.1 Å². The number of benzene rings is 1. The van der Waals surface area contributed by atoms with E-state index in [1.54, 1.807) is 11.3 Å². The molecular formula is C13H16OS. The SMILES string of the molecule is CC(O)C(C)Cc1csc2ccccc12. The predicted molar refractivity (Wildman–Crippen MR) is 66.4 cm³/mol. The van der Waals surface area contributed by atoms with Crippen LogP contribution in [0, 0.1) is 5.92 Å². The summed E-state index contributed by atoms with van der Waals surface area (Å²) in [6.45, 7) is 3.95. The fourth-order valence-corrected chi connectivity index (χ4v) is 2.68. The molecule has 0 fully saturated rings. The summed E-state index contributed by atoms with van der Waals surface area (Å²) in [6.07, 6.45) is 0.727. The second-order valence-corrected chi connectivity index (χ2v) is 5.09. The Kier molecular flexibility index (Phi) is 3.08. The summed E-state index contributed by atoms with van der Waals surface area (Å²) in [4.78, 5) is 0. The van der Waals surface area contributed by atoms with Gasteiger partial charge in [-0.1, -0.05) is 25.1 Å². The number of hydrogen-bond acceptors (Lipinski definition) is 2. The summed E-state index contributed by atoms with van der Waals surface area (Å²) < 4.78 is 1.34. The summed E-state index contributed by atoms with van der Waals surface area (Å²) in [5.74, 6) is 0.322. The molecule has 1 nitrogen and oxygen atoms in total. The third kappa shape index (κ3) is 2.21. The third-order valence-corrected chi connectivity index (χ3v) is 3.94. The molecule has 2 heteroatoms. The minimum atomic E-state index is -0.233. The lowest BCUT2D eigenvalue weighted by Crippen LogP contribution is -2.15. The van der Waals surface area contributed by atoms with E-state index in [4.69, 9.17) is 0 Å². The Bertz CT molecular complexity index is 444. The topological polar surface area (TPSA) is 20.2 Å². The first kappa shape index (κ1) is 10.7. The third-order valence-electron chi connectivity index (χ3n) is 2.93. The van der Waals surface area contributed by atoms with Crippen molar-refractivity contribution in [2.75, 3.05) is 0 Å². The van der Waals surface area contributed by atoms with Crippen molar-refractivity contribution in [1.82, 2.24) is 0 Å². The molecule has 80 valence electrons. The molecule has 1 N–H and O–H groups in total. The molecule has 0 spiro atoms. The normalized spacial score (nSPS) is 15.4. The minimum absolute atomic E-state index is 0.233. The van der Waals surface area contributed by atoms with E-state index in [9.17, 15) is 5.11 Å². The second kappa shape index (κ2) is 4.33. The molecule has 0 saturated heterocycles. The van der Waals surface area contributed by atoms with Gasteiger partial charge in [0.25, 0.3) is 0 Å². The summed E-state index contributed by atoms with van der Waals surface area (Å²) >= 11 is 1.79. The highest BCUT2D eigenvalue weighted by molar-refractivity contribution is 7.17. The molecule has 1 aromatic carbocycles. The van der Waals surface area contributed by atoms with Gasteiger partial charge in [-0.05, 0) is 41.7 Å². The van der Waals surface area contributed by atoms with E-state index in [-0.39, 0.29) is 6.10 Å². The van der Waals surface area contributed by atoms with Crippen molar-refractivity contribution < 1.29 is 5.11 Å². The highest BCUT2D eigenvalue weighted by atomic mass is 32.1. The lowest BCUT2D eigenvalue weighted by Gasteiger charge is -2.13. The zero-order valence-corrected chi connectivity index (χ0v) is 9.92. The van der Waals surface area contributed by atoms with Gasteiger partial charge in [0.15, 0.2) is 0 Å². The second-order valence-electron chi connectivity index (χ2n) is 4.18. The van der Waals surface area contributed by atoms with Crippen LogP contribution in [0.4, 0.5) is 0 Å².